The van der Waals surface area contributed by atoms with Crippen LogP contribution in [0, 0.1) is 0 Å². The molecule has 0 aromatic heterocycles. The highest BCUT2D eigenvalue weighted by atomic mass is 16.5. The number of benzene rings is 3. The Bertz CT molecular complexity index is 1180. The molecule has 1 fully saturated rings. The second-order valence-corrected chi connectivity index (χ2v) is 9.46. The Hall–Kier alpha value is -3.84. The topological polar surface area (TPSA) is 77.1 Å². The average molecular weight is 517 g/mol. The molecule has 0 saturated carbocycles. The Balaban J connectivity index is 1.62. The minimum atomic E-state index is -0.688. The average Bonchev–Trinajstić information content (AvgIpc) is 3.48. The van der Waals surface area contributed by atoms with Gasteiger partial charge in [0, 0.05) is 26.1 Å². The van der Waals surface area contributed by atoms with E-state index in [4.69, 9.17) is 14.2 Å². The number of methoxy groups -OCH3 is 2. The molecule has 0 unspecified atom stereocenters. The summed E-state index contributed by atoms with van der Waals surface area (Å²) in [6.07, 6.45) is 2.47. The molecule has 1 aliphatic rings. The smallest absolute Gasteiger partial charge is 0.243 e. The van der Waals surface area contributed by atoms with E-state index < -0.39 is 6.04 Å². The quantitative estimate of drug-likeness (QED) is 0.391. The van der Waals surface area contributed by atoms with Crippen LogP contribution in [0.5, 0.6) is 11.5 Å². The molecule has 38 heavy (non-hydrogen) atoms. The van der Waals surface area contributed by atoms with Crippen LogP contribution >= 0.6 is 0 Å². The van der Waals surface area contributed by atoms with Crippen molar-refractivity contribution in [2.75, 3.05) is 27.4 Å². The number of hydrogen-bond acceptors (Lipinski definition) is 5. The molecule has 3 aromatic carbocycles. The van der Waals surface area contributed by atoms with Crippen LogP contribution in [0.25, 0.3) is 0 Å². The van der Waals surface area contributed by atoms with Crippen LogP contribution in [0.3, 0.4) is 0 Å². The molecule has 1 saturated heterocycles. The SMILES string of the molecule is COc1ccc(CC(=O)N(Cc2ccccc2)[C@@H](Cc2ccccc2)C(=O)NC[C@H]2CCCO2)cc1OC. The molecule has 7 nitrogen and oxygen atoms in total. The molecule has 1 aliphatic heterocycles. The molecule has 0 bridgehead atoms. The maximum absolute atomic E-state index is 13.9. The van der Waals surface area contributed by atoms with Crippen molar-refractivity contribution in [3.8, 4) is 11.5 Å². The van der Waals surface area contributed by atoms with Gasteiger partial charge in [-0.05, 0) is 41.7 Å². The lowest BCUT2D eigenvalue weighted by molar-refractivity contribution is -0.141. The van der Waals surface area contributed by atoms with E-state index in [1.165, 1.54) is 0 Å². The van der Waals surface area contributed by atoms with Crippen LogP contribution in [0.2, 0.25) is 0 Å². The van der Waals surface area contributed by atoms with Crippen molar-refractivity contribution in [3.05, 3.63) is 95.6 Å². The fraction of sp³-hybridized carbons (Fsp3) is 0.355. The predicted octanol–water partition coefficient (Wildman–Crippen LogP) is 4.18. The standard InChI is InChI=1S/C31H36N2O5/c1-36-28-16-15-25(19-29(28)37-2)20-30(34)33(22-24-12-7-4-8-13-24)27(18-23-10-5-3-6-11-23)31(35)32-21-26-14-9-17-38-26/h3-8,10-13,15-16,19,26-27H,9,14,17-18,20-22H2,1-2H3,(H,32,35)/t26-,27+/m1/s1. The predicted molar refractivity (Wildman–Crippen MR) is 146 cm³/mol. The Morgan fingerprint density at radius 3 is 2.24 bits per heavy atom. The van der Waals surface area contributed by atoms with Crippen molar-refractivity contribution in [2.45, 2.75) is 44.4 Å². The van der Waals surface area contributed by atoms with Gasteiger partial charge in [-0.3, -0.25) is 9.59 Å². The van der Waals surface area contributed by atoms with Gasteiger partial charge in [0.05, 0.1) is 26.7 Å². The van der Waals surface area contributed by atoms with Crippen LogP contribution in [0.1, 0.15) is 29.5 Å². The Morgan fingerprint density at radius 1 is 0.921 bits per heavy atom. The number of amides is 2. The van der Waals surface area contributed by atoms with Crippen molar-refractivity contribution < 1.29 is 23.8 Å². The van der Waals surface area contributed by atoms with Gasteiger partial charge in [-0.2, -0.15) is 0 Å². The Morgan fingerprint density at radius 2 is 1.61 bits per heavy atom. The summed E-state index contributed by atoms with van der Waals surface area (Å²) in [5.41, 5.74) is 2.73. The number of rotatable bonds is 12. The first kappa shape index (κ1) is 27.2. The summed E-state index contributed by atoms with van der Waals surface area (Å²) < 4.78 is 16.5. The number of ether oxygens (including phenoxy) is 3. The maximum atomic E-state index is 13.9. The van der Waals surface area contributed by atoms with Crippen molar-refractivity contribution in [2.24, 2.45) is 0 Å². The molecule has 0 radical (unpaired) electrons. The van der Waals surface area contributed by atoms with Crippen molar-refractivity contribution in [3.63, 3.8) is 0 Å². The normalized spacial score (nSPS) is 15.5. The fourth-order valence-corrected chi connectivity index (χ4v) is 4.74. The van der Waals surface area contributed by atoms with E-state index in [1.54, 1.807) is 31.3 Å². The zero-order chi connectivity index (χ0) is 26.7. The van der Waals surface area contributed by atoms with Crippen LogP contribution in [-0.4, -0.2) is 56.2 Å². The van der Waals surface area contributed by atoms with Gasteiger partial charge in [-0.25, -0.2) is 0 Å². The molecular weight excluding hydrogens is 480 g/mol. The molecule has 2 amide bonds. The third kappa shape index (κ3) is 7.35. The molecule has 3 aromatic rings. The van der Waals surface area contributed by atoms with Crippen molar-refractivity contribution in [1.29, 1.82) is 0 Å². The molecule has 4 rings (SSSR count). The third-order valence-corrected chi connectivity index (χ3v) is 6.80. The van der Waals surface area contributed by atoms with Gasteiger partial charge in [-0.1, -0.05) is 66.7 Å². The highest BCUT2D eigenvalue weighted by Gasteiger charge is 2.31. The summed E-state index contributed by atoms with van der Waals surface area (Å²) in [4.78, 5) is 29.3. The van der Waals surface area contributed by atoms with E-state index in [-0.39, 0.29) is 24.3 Å². The first-order valence-electron chi connectivity index (χ1n) is 13.0. The molecule has 0 spiro atoms. The zero-order valence-corrected chi connectivity index (χ0v) is 22.1. The fourth-order valence-electron chi connectivity index (χ4n) is 4.74. The van der Waals surface area contributed by atoms with Crippen LogP contribution in [0.15, 0.2) is 78.9 Å². The molecule has 0 aliphatic carbocycles. The van der Waals surface area contributed by atoms with Crippen LogP contribution in [-0.2, 0) is 33.7 Å². The highest BCUT2D eigenvalue weighted by molar-refractivity contribution is 5.89. The van der Waals surface area contributed by atoms with Gasteiger partial charge in [0.15, 0.2) is 11.5 Å². The minimum absolute atomic E-state index is 0.0152. The Labute approximate surface area is 224 Å². The van der Waals surface area contributed by atoms with E-state index in [0.717, 1.165) is 36.1 Å². The summed E-state index contributed by atoms with van der Waals surface area (Å²) in [5, 5.41) is 3.07. The van der Waals surface area contributed by atoms with Crippen LogP contribution < -0.4 is 14.8 Å². The van der Waals surface area contributed by atoms with Gasteiger partial charge in [0.2, 0.25) is 11.8 Å². The third-order valence-electron chi connectivity index (χ3n) is 6.80. The second kappa shape index (κ2) is 13.6. The maximum Gasteiger partial charge on any atom is 0.243 e. The number of nitrogens with one attached hydrogen (secondary N) is 1. The van der Waals surface area contributed by atoms with E-state index in [2.05, 4.69) is 5.32 Å². The largest absolute Gasteiger partial charge is 0.493 e. The lowest BCUT2D eigenvalue weighted by Gasteiger charge is -2.32. The summed E-state index contributed by atoms with van der Waals surface area (Å²) in [5.74, 6) is 0.832. The van der Waals surface area contributed by atoms with E-state index in [0.29, 0.717) is 31.0 Å². The molecule has 1 heterocycles. The van der Waals surface area contributed by atoms with Gasteiger partial charge in [-0.15, -0.1) is 0 Å². The van der Waals surface area contributed by atoms with Crippen molar-refractivity contribution in [1.82, 2.24) is 10.2 Å². The molecule has 200 valence electrons. The summed E-state index contributed by atoms with van der Waals surface area (Å²) >= 11 is 0. The summed E-state index contributed by atoms with van der Waals surface area (Å²) in [7, 11) is 3.15. The number of hydrogen-bond donors (Lipinski definition) is 1. The number of carbonyl (C=O) groups excluding carboxylic acids is 2. The highest BCUT2D eigenvalue weighted by Crippen LogP contribution is 2.28. The number of carbonyl (C=O) groups is 2. The summed E-state index contributed by atoms with van der Waals surface area (Å²) in [6, 6.07) is 24.3. The lowest BCUT2D eigenvalue weighted by atomic mass is 10.0. The van der Waals surface area contributed by atoms with E-state index in [9.17, 15) is 9.59 Å². The van der Waals surface area contributed by atoms with E-state index in [1.807, 2.05) is 66.7 Å². The van der Waals surface area contributed by atoms with Gasteiger partial charge in [0.1, 0.15) is 6.04 Å². The van der Waals surface area contributed by atoms with Crippen LogP contribution in [0.4, 0.5) is 0 Å². The summed E-state index contributed by atoms with van der Waals surface area (Å²) in [6.45, 7) is 1.48. The molecule has 1 N–H and O–H groups in total. The minimum Gasteiger partial charge on any atom is -0.493 e. The first-order chi connectivity index (χ1) is 18.6. The zero-order valence-electron chi connectivity index (χ0n) is 22.1. The lowest BCUT2D eigenvalue weighted by Crippen LogP contribution is -2.52. The number of nitrogens with zero attached hydrogens (tertiary/aromatic N) is 1. The van der Waals surface area contributed by atoms with Gasteiger partial charge < -0.3 is 24.4 Å². The first-order valence-corrected chi connectivity index (χ1v) is 13.0. The second-order valence-electron chi connectivity index (χ2n) is 9.46. The van der Waals surface area contributed by atoms with Crippen molar-refractivity contribution >= 4 is 11.8 Å². The molecular formula is C31H36N2O5. The molecule has 2 atom stereocenters. The monoisotopic (exact) mass is 516 g/mol. The molecule has 7 heteroatoms. The Kier molecular flexibility index (Phi) is 9.76. The van der Waals surface area contributed by atoms with E-state index >= 15 is 0 Å². The van der Waals surface area contributed by atoms with Gasteiger partial charge in [0.25, 0.3) is 0 Å². The van der Waals surface area contributed by atoms with Gasteiger partial charge >= 0.3 is 0 Å².